The van der Waals surface area contributed by atoms with Gasteiger partial charge in [-0.1, -0.05) is 38.9 Å². The van der Waals surface area contributed by atoms with E-state index in [0.29, 0.717) is 0 Å². The maximum absolute atomic E-state index is 10.1. The Bertz CT molecular complexity index is 104. The summed E-state index contributed by atoms with van der Waals surface area (Å²) in [7, 11) is -1.08. The second kappa shape index (κ2) is 5.35. The van der Waals surface area contributed by atoms with Crippen LogP contribution in [0.5, 0.6) is 0 Å². The molecule has 1 N–H and O–H groups in total. The molecule has 0 spiro atoms. The van der Waals surface area contributed by atoms with Crippen molar-refractivity contribution in [2.75, 3.05) is 6.17 Å². The molecule has 0 aliphatic heterocycles. The molecule has 3 heteroatoms. The van der Waals surface area contributed by atoms with Crippen LogP contribution in [0.1, 0.15) is 20.8 Å². The maximum atomic E-state index is 10.1. The van der Waals surface area contributed by atoms with Crippen LogP contribution in [0.4, 0.5) is 0 Å². The van der Waals surface area contributed by atoms with Gasteiger partial charge < -0.3 is 5.32 Å². The van der Waals surface area contributed by atoms with E-state index in [1.165, 1.54) is 18.1 Å². The summed E-state index contributed by atoms with van der Waals surface area (Å²) in [6, 6.07) is 3.84. The summed E-state index contributed by atoms with van der Waals surface area (Å²) in [5.41, 5.74) is 0. The van der Waals surface area contributed by atoms with Gasteiger partial charge in [0.1, 0.15) is 0 Å². The van der Waals surface area contributed by atoms with Gasteiger partial charge in [0.2, 0.25) is 6.41 Å². The lowest BCUT2D eigenvalue weighted by Gasteiger charge is -2.26. The molecule has 0 heterocycles. The largest absolute Gasteiger partial charge is 0.362 e. The molecule has 0 saturated heterocycles. The Morgan fingerprint density at radius 3 is 1.91 bits per heavy atom. The minimum absolute atomic E-state index is 0.822. The topological polar surface area (TPSA) is 29.1 Å². The number of amides is 1. The molecule has 2 nitrogen and oxygen atoms in total. The molecule has 0 aromatic carbocycles. The zero-order valence-corrected chi connectivity index (χ0v) is 8.81. The predicted molar refractivity (Wildman–Crippen MR) is 51.3 cm³/mol. The first-order valence-corrected chi connectivity index (χ1v) is 7.24. The molecule has 0 rings (SSSR count). The summed E-state index contributed by atoms with van der Waals surface area (Å²) in [6.45, 7) is 6.73. The number of hydrogen-bond donors (Lipinski definition) is 1. The van der Waals surface area contributed by atoms with Crippen LogP contribution in [0.15, 0.2) is 0 Å². The molecule has 0 aliphatic rings. The third-order valence-corrected chi connectivity index (χ3v) is 8.26. The van der Waals surface area contributed by atoms with Gasteiger partial charge in [0.25, 0.3) is 0 Å². The second-order valence-corrected chi connectivity index (χ2v) is 8.53. The summed E-state index contributed by atoms with van der Waals surface area (Å²) in [5.74, 6) is 0. The van der Waals surface area contributed by atoms with Crippen molar-refractivity contribution in [3.63, 3.8) is 0 Å². The highest BCUT2D eigenvalue weighted by Crippen LogP contribution is 2.18. The molecule has 11 heavy (non-hydrogen) atoms. The van der Waals surface area contributed by atoms with Crippen LogP contribution in [0.25, 0.3) is 0 Å². The summed E-state index contributed by atoms with van der Waals surface area (Å²) < 4.78 is 0. The zero-order valence-electron chi connectivity index (χ0n) is 7.81. The van der Waals surface area contributed by atoms with E-state index in [0.717, 1.165) is 12.6 Å². The van der Waals surface area contributed by atoms with Crippen LogP contribution < -0.4 is 5.32 Å². The van der Waals surface area contributed by atoms with Crippen molar-refractivity contribution in [1.29, 1.82) is 0 Å². The smallest absolute Gasteiger partial charge is 0.206 e. The predicted octanol–water partition coefficient (Wildman–Crippen LogP) is 1.78. The van der Waals surface area contributed by atoms with Crippen molar-refractivity contribution < 1.29 is 4.79 Å². The maximum Gasteiger partial charge on any atom is 0.206 e. The van der Waals surface area contributed by atoms with Crippen LogP contribution in [0.2, 0.25) is 18.1 Å². The number of carbonyl (C=O) groups excluding carboxylic acids is 1. The molecule has 0 unspecified atom stereocenters. The van der Waals surface area contributed by atoms with E-state index in [1.807, 2.05) is 0 Å². The summed E-state index contributed by atoms with van der Waals surface area (Å²) in [5, 5.41) is 2.82. The fourth-order valence-electron chi connectivity index (χ4n) is 1.38. The van der Waals surface area contributed by atoms with E-state index in [4.69, 9.17) is 0 Å². The number of carbonyl (C=O) groups is 1. The van der Waals surface area contributed by atoms with Crippen LogP contribution in [0, 0.1) is 0 Å². The highest BCUT2D eigenvalue weighted by Gasteiger charge is 2.25. The van der Waals surface area contributed by atoms with Gasteiger partial charge in [-0.3, -0.25) is 4.79 Å². The highest BCUT2D eigenvalue weighted by atomic mass is 28.3. The summed E-state index contributed by atoms with van der Waals surface area (Å²) in [4.78, 5) is 10.1. The highest BCUT2D eigenvalue weighted by molar-refractivity contribution is 6.79. The molecule has 1 amide bonds. The van der Waals surface area contributed by atoms with Gasteiger partial charge in [0.05, 0.1) is 8.07 Å². The van der Waals surface area contributed by atoms with Crippen molar-refractivity contribution in [2.24, 2.45) is 0 Å². The Morgan fingerprint density at radius 1 is 1.18 bits per heavy atom. The monoisotopic (exact) mass is 173 g/mol. The summed E-state index contributed by atoms with van der Waals surface area (Å²) in [6.07, 6.45) is 1.78. The average Bonchev–Trinajstić information content (AvgIpc) is 2.08. The quantitative estimate of drug-likeness (QED) is 0.481. The van der Waals surface area contributed by atoms with Crippen molar-refractivity contribution in [3.8, 4) is 0 Å². The van der Waals surface area contributed by atoms with E-state index < -0.39 is 8.07 Å². The molecule has 0 aromatic rings. The third kappa shape index (κ3) is 3.06. The molecule has 0 aromatic heterocycles. The number of rotatable bonds is 6. The second-order valence-electron chi connectivity index (χ2n) is 3.06. The lowest BCUT2D eigenvalue weighted by molar-refractivity contribution is -0.109. The molecule has 0 atom stereocenters. The Balaban J connectivity index is 3.93. The fraction of sp³-hybridized carbons (Fsp3) is 0.875. The van der Waals surface area contributed by atoms with Crippen molar-refractivity contribution in [2.45, 2.75) is 38.9 Å². The van der Waals surface area contributed by atoms with Crippen LogP contribution in [0.3, 0.4) is 0 Å². The van der Waals surface area contributed by atoms with E-state index in [1.54, 1.807) is 0 Å². The first kappa shape index (κ1) is 10.7. The molecule has 66 valence electrons. The van der Waals surface area contributed by atoms with E-state index in [9.17, 15) is 4.79 Å². The molecule has 0 aliphatic carbocycles. The van der Waals surface area contributed by atoms with Crippen molar-refractivity contribution in [3.05, 3.63) is 0 Å². The number of hydrogen-bond acceptors (Lipinski definition) is 1. The van der Waals surface area contributed by atoms with E-state index in [-0.39, 0.29) is 0 Å². The molecule has 0 bridgehead atoms. The minimum atomic E-state index is -1.08. The van der Waals surface area contributed by atoms with Gasteiger partial charge in [0.15, 0.2) is 0 Å². The van der Waals surface area contributed by atoms with Gasteiger partial charge >= 0.3 is 0 Å². The van der Waals surface area contributed by atoms with Gasteiger partial charge in [-0.25, -0.2) is 0 Å². The first-order valence-electron chi connectivity index (χ1n) is 4.41. The van der Waals surface area contributed by atoms with Crippen molar-refractivity contribution in [1.82, 2.24) is 5.32 Å². The molecular formula is C8H19NOSi. The van der Waals surface area contributed by atoms with Gasteiger partial charge in [-0.05, 0) is 0 Å². The van der Waals surface area contributed by atoms with Crippen molar-refractivity contribution >= 4 is 14.5 Å². The minimum Gasteiger partial charge on any atom is -0.362 e. The van der Waals surface area contributed by atoms with Gasteiger partial charge in [-0.2, -0.15) is 0 Å². The lowest BCUT2D eigenvalue weighted by Crippen LogP contribution is -2.43. The third-order valence-electron chi connectivity index (χ3n) is 2.81. The molecule has 0 saturated carbocycles. The van der Waals surface area contributed by atoms with Crippen LogP contribution in [-0.4, -0.2) is 20.7 Å². The lowest BCUT2D eigenvalue weighted by atomic mass is 10.9. The molecule has 0 radical (unpaired) electrons. The normalized spacial score (nSPS) is 11.2. The molecular weight excluding hydrogens is 154 g/mol. The first-order chi connectivity index (χ1) is 5.24. The zero-order chi connectivity index (χ0) is 8.74. The van der Waals surface area contributed by atoms with Gasteiger partial charge in [0, 0.05) is 6.17 Å². The average molecular weight is 173 g/mol. The standard InChI is InChI=1S/C8H19NOSi/c1-4-11(5-2,6-3)8-9-7-10/h7H,4-6,8H2,1-3H3,(H,9,10). The van der Waals surface area contributed by atoms with Crippen LogP contribution >= 0.6 is 0 Å². The van der Waals surface area contributed by atoms with Crippen LogP contribution in [-0.2, 0) is 4.79 Å². The summed E-state index contributed by atoms with van der Waals surface area (Å²) >= 11 is 0. The number of nitrogens with one attached hydrogen (secondary N) is 1. The molecule has 0 fully saturated rings. The Kier molecular flexibility index (Phi) is 5.20. The SMILES string of the molecule is CC[Si](CC)(CC)CNC=O. The Hall–Kier alpha value is -0.313. The Morgan fingerprint density at radius 2 is 1.64 bits per heavy atom. The van der Waals surface area contributed by atoms with Gasteiger partial charge in [-0.15, -0.1) is 0 Å². The Labute approximate surface area is 70.4 Å². The van der Waals surface area contributed by atoms with E-state index >= 15 is 0 Å². The van der Waals surface area contributed by atoms with E-state index in [2.05, 4.69) is 26.1 Å². The fourth-order valence-corrected chi connectivity index (χ4v) is 4.15.